The fourth-order valence-corrected chi connectivity index (χ4v) is 4.13. The number of carbonyl (C=O) groups excluding carboxylic acids is 3. The van der Waals surface area contributed by atoms with Gasteiger partial charge >= 0.3 is 5.97 Å². The number of nitrogens with zero attached hydrogens (tertiary/aromatic N) is 1. The van der Waals surface area contributed by atoms with Gasteiger partial charge in [-0.2, -0.15) is 0 Å². The summed E-state index contributed by atoms with van der Waals surface area (Å²) in [6.45, 7) is 6.54. The maximum atomic E-state index is 13.5. The van der Waals surface area contributed by atoms with Crippen molar-refractivity contribution in [1.29, 1.82) is 0 Å². The predicted octanol–water partition coefficient (Wildman–Crippen LogP) is 4.71. The average Bonchev–Trinajstić information content (AvgIpc) is 2.82. The highest BCUT2D eigenvalue weighted by Crippen LogP contribution is 2.37. The van der Waals surface area contributed by atoms with E-state index in [4.69, 9.17) is 4.74 Å². The molecule has 3 rings (SSSR count). The smallest absolute Gasteiger partial charge is 0.336 e. The zero-order valence-electron chi connectivity index (χ0n) is 19.9. The van der Waals surface area contributed by atoms with Gasteiger partial charge in [0, 0.05) is 30.1 Å². The van der Waals surface area contributed by atoms with Gasteiger partial charge in [0.05, 0.1) is 18.7 Å². The third-order valence-corrected chi connectivity index (χ3v) is 5.94. The number of unbranched alkanes of at least 4 members (excludes halogenated alkanes) is 1. The summed E-state index contributed by atoms with van der Waals surface area (Å²) in [5.74, 6) is -1.70. The minimum absolute atomic E-state index is 0.0638. The molecule has 1 aliphatic heterocycles. The Bertz CT molecular complexity index is 1080. The van der Waals surface area contributed by atoms with Gasteiger partial charge in [0.1, 0.15) is 5.82 Å². The summed E-state index contributed by atoms with van der Waals surface area (Å²) in [5, 5.41) is 2.90. The van der Waals surface area contributed by atoms with Crippen molar-refractivity contribution in [3.05, 3.63) is 82.3 Å². The molecule has 34 heavy (non-hydrogen) atoms. The molecule has 0 saturated carbocycles. The lowest BCUT2D eigenvalue weighted by atomic mass is 9.83. The van der Waals surface area contributed by atoms with Gasteiger partial charge in [-0.25, -0.2) is 9.18 Å². The third-order valence-electron chi connectivity index (χ3n) is 5.94. The number of halogens is 1. The van der Waals surface area contributed by atoms with Crippen LogP contribution in [0.15, 0.2) is 59.8 Å². The van der Waals surface area contributed by atoms with Crippen molar-refractivity contribution in [2.45, 2.75) is 52.5 Å². The van der Waals surface area contributed by atoms with E-state index in [1.807, 2.05) is 6.07 Å². The van der Waals surface area contributed by atoms with Gasteiger partial charge in [-0.1, -0.05) is 37.6 Å². The van der Waals surface area contributed by atoms with Crippen LogP contribution >= 0.6 is 0 Å². The lowest BCUT2D eigenvalue weighted by Gasteiger charge is -2.34. The van der Waals surface area contributed by atoms with Crippen molar-refractivity contribution < 1.29 is 23.5 Å². The van der Waals surface area contributed by atoms with E-state index < -0.39 is 11.9 Å². The summed E-state index contributed by atoms with van der Waals surface area (Å²) < 4.78 is 18.8. The van der Waals surface area contributed by atoms with Crippen LogP contribution in [0, 0.1) is 5.82 Å². The number of benzene rings is 2. The van der Waals surface area contributed by atoms with E-state index in [0.29, 0.717) is 28.9 Å². The second-order valence-corrected chi connectivity index (χ2v) is 8.32. The molecule has 1 aliphatic rings. The van der Waals surface area contributed by atoms with E-state index in [9.17, 15) is 18.8 Å². The summed E-state index contributed by atoms with van der Waals surface area (Å²) in [5.41, 5.74) is 2.87. The van der Waals surface area contributed by atoms with Crippen molar-refractivity contribution in [2.75, 3.05) is 13.2 Å². The van der Waals surface area contributed by atoms with Crippen LogP contribution in [0.1, 0.15) is 67.4 Å². The maximum Gasteiger partial charge on any atom is 0.336 e. The molecular formula is C27H31FN2O4. The number of allylic oxidation sites excluding steroid dienone is 1. The van der Waals surface area contributed by atoms with Gasteiger partial charge < -0.3 is 15.0 Å². The highest BCUT2D eigenvalue weighted by molar-refractivity contribution is 5.96. The fraction of sp³-hybridized carbons (Fsp3) is 0.370. The Morgan fingerprint density at radius 3 is 2.56 bits per heavy atom. The lowest BCUT2D eigenvalue weighted by Crippen LogP contribution is -2.38. The molecule has 1 N–H and O–H groups in total. The molecule has 2 amide bonds. The molecule has 2 aromatic rings. The first-order valence-electron chi connectivity index (χ1n) is 11.7. The number of ether oxygens (including phenoxy) is 1. The fourth-order valence-electron chi connectivity index (χ4n) is 4.13. The number of carbonyl (C=O) groups is 3. The second-order valence-electron chi connectivity index (χ2n) is 8.32. The molecule has 0 saturated heterocycles. The standard InChI is InChI=1S/C27H31FN2O4/c1-4-6-14-29-26(32)21-9-7-8-19(15-21)17-30-18(3)25(27(33)34-5-2)23(16-24(30)31)20-10-12-22(28)13-11-20/h7-13,15,23H,4-6,14,16-17H2,1-3H3,(H,29,32). The maximum absolute atomic E-state index is 13.5. The quantitative estimate of drug-likeness (QED) is 0.429. The first-order chi connectivity index (χ1) is 16.3. The minimum Gasteiger partial charge on any atom is -0.463 e. The SMILES string of the molecule is CCCCNC(=O)c1cccc(CN2C(=O)CC(c3ccc(F)cc3)C(C(=O)OCC)=C2C)c1. The summed E-state index contributed by atoms with van der Waals surface area (Å²) in [6.07, 6.45) is 1.96. The molecule has 7 heteroatoms. The number of amides is 2. The Morgan fingerprint density at radius 1 is 1.15 bits per heavy atom. The first kappa shape index (κ1) is 25.1. The van der Waals surface area contributed by atoms with E-state index in [0.717, 1.165) is 18.4 Å². The minimum atomic E-state index is -0.515. The van der Waals surface area contributed by atoms with Gasteiger partial charge in [-0.05, 0) is 55.7 Å². The first-order valence-corrected chi connectivity index (χ1v) is 11.7. The van der Waals surface area contributed by atoms with Gasteiger partial charge in [-0.15, -0.1) is 0 Å². The van der Waals surface area contributed by atoms with Gasteiger partial charge in [0.15, 0.2) is 0 Å². The number of hydrogen-bond acceptors (Lipinski definition) is 4. The Kier molecular flexibility index (Phi) is 8.57. The van der Waals surface area contributed by atoms with Crippen LogP contribution in [0.5, 0.6) is 0 Å². The molecule has 0 aromatic heterocycles. The van der Waals surface area contributed by atoms with E-state index in [1.54, 1.807) is 49.1 Å². The zero-order chi connectivity index (χ0) is 24.7. The molecular weight excluding hydrogens is 435 g/mol. The van der Waals surface area contributed by atoms with Crippen LogP contribution in [0.4, 0.5) is 4.39 Å². The highest BCUT2D eigenvalue weighted by atomic mass is 19.1. The number of rotatable bonds is 9. The summed E-state index contributed by atoms with van der Waals surface area (Å²) in [7, 11) is 0. The lowest BCUT2D eigenvalue weighted by molar-refractivity contribution is -0.140. The van der Waals surface area contributed by atoms with E-state index >= 15 is 0 Å². The monoisotopic (exact) mass is 466 g/mol. The summed E-state index contributed by atoms with van der Waals surface area (Å²) in [4.78, 5) is 40.0. The van der Waals surface area contributed by atoms with Crippen LogP contribution in [0.3, 0.4) is 0 Å². The van der Waals surface area contributed by atoms with Gasteiger partial charge in [0.25, 0.3) is 5.91 Å². The normalized spacial score (nSPS) is 15.9. The van der Waals surface area contributed by atoms with Crippen LogP contribution < -0.4 is 5.32 Å². The molecule has 1 heterocycles. The second kappa shape index (κ2) is 11.6. The molecule has 2 aromatic carbocycles. The third kappa shape index (κ3) is 5.90. The Balaban J connectivity index is 1.90. The van der Waals surface area contributed by atoms with E-state index in [1.165, 1.54) is 12.1 Å². The number of esters is 1. The molecule has 0 radical (unpaired) electrons. The van der Waals surface area contributed by atoms with Crippen LogP contribution in [-0.4, -0.2) is 35.8 Å². The molecule has 0 aliphatic carbocycles. The average molecular weight is 467 g/mol. The zero-order valence-corrected chi connectivity index (χ0v) is 19.9. The number of hydrogen-bond donors (Lipinski definition) is 1. The molecule has 0 spiro atoms. The van der Waals surface area contributed by atoms with Crippen molar-refractivity contribution in [2.24, 2.45) is 0 Å². The predicted molar refractivity (Wildman–Crippen MR) is 127 cm³/mol. The van der Waals surface area contributed by atoms with Gasteiger partial charge in [0.2, 0.25) is 5.91 Å². The van der Waals surface area contributed by atoms with Crippen LogP contribution in [-0.2, 0) is 20.9 Å². The topological polar surface area (TPSA) is 75.7 Å². The van der Waals surface area contributed by atoms with Crippen LogP contribution in [0.25, 0.3) is 0 Å². The Hall–Kier alpha value is -3.48. The summed E-state index contributed by atoms with van der Waals surface area (Å²) >= 11 is 0. The van der Waals surface area contributed by atoms with Crippen molar-refractivity contribution in [3.63, 3.8) is 0 Å². The molecule has 1 atom stereocenters. The highest BCUT2D eigenvalue weighted by Gasteiger charge is 2.36. The molecule has 6 nitrogen and oxygen atoms in total. The van der Waals surface area contributed by atoms with Crippen molar-refractivity contribution >= 4 is 17.8 Å². The Morgan fingerprint density at radius 2 is 1.88 bits per heavy atom. The van der Waals surface area contributed by atoms with E-state index in [2.05, 4.69) is 12.2 Å². The largest absolute Gasteiger partial charge is 0.463 e. The molecule has 0 bridgehead atoms. The van der Waals surface area contributed by atoms with Crippen molar-refractivity contribution in [3.8, 4) is 0 Å². The van der Waals surface area contributed by atoms with E-state index in [-0.39, 0.29) is 37.2 Å². The molecule has 1 unspecified atom stereocenters. The Labute approximate surface area is 199 Å². The number of nitrogens with one attached hydrogen (secondary N) is 1. The van der Waals surface area contributed by atoms with Gasteiger partial charge in [-0.3, -0.25) is 9.59 Å². The van der Waals surface area contributed by atoms with Crippen LogP contribution in [0.2, 0.25) is 0 Å². The molecule has 0 fully saturated rings. The molecule has 180 valence electrons. The summed E-state index contributed by atoms with van der Waals surface area (Å²) in [6, 6.07) is 13.0. The van der Waals surface area contributed by atoms with Crippen molar-refractivity contribution in [1.82, 2.24) is 10.2 Å².